The highest BCUT2D eigenvalue weighted by atomic mass is 19.2. The second kappa shape index (κ2) is 6.14. The molecule has 0 heterocycles. The van der Waals surface area contributed by atoms with E-state index in [1.54, 1.807) is 24.3 Å². The third kappa shape index (κ3) is 2.93. The van der Waals surface area contributed by atoms with Gasteiger partial charge in [-0.3, -0.25) is 0 Å². The highest BCUT2D eigenvalue weighted by Gasteiger charge is 2.20. The second-order valence-corrected chi connectivity index (χ2v) is 4.01. The Labute approximate surface area is 114 Å². The lowest BCUT2D eigenvalue weighted by molar-refractivity contribution is 0.0466. The van der Waals surface area contributed by atoms with Crippen LogP contribution in [0.3, 0.4) is 0 Å². The molecule has 0 radical (unpaired) electrons. The average molecular weight is 278 g/mol. The van der Waals surface area contributed by atoms with Gasteiger partial charge in [-0.25, -0.2) is 9.18 Å². The summed E-state index contributed by atoms with van der Waals surface area (Å²) in [7, 11) is 1.21. The molecule has 2 aromatic carbocycles. The van der Waals surface area contributed by atoms with Gasteiger partial charge in [0, 0.05) is 0 Å². The molecule has 0 saturated carbocycles. The van der Waals surface area contributed by atoms with Crippen LogP contribution in [0, 0.1) is 11.6 Å². The van der Waals surface area contributed by atoms with Gasteiger partial charge in [-0.15, -0.1) is 0 Å². The highest BCUT2D eigenvalue weighted by Crippen LogP contribution is 2.23. The number of methoxy groups -OCH3 is 1. The van der Waals surface area contributed by atoms with Gasteiger partial charge in [-0.1, -0.05) is 30.3 Å². The predicted octanol–water partition coefficient (Wildman–Crippen LogP) is 3.33. The van der Waals surface area contributed by atoms with E-state index in [0.29, 0.717) is 0 Å². The fourth-order valence-electron chi connectivity index (χ4n) is 1.65. The highest BCUT2D eigenvalue weighted by molar-refractivity contribution is 5.89. The molecule has 0 bridgehead atoms. The molecule has 0 spiro atoms. The summed E-state index contributed by atoms with van der Waals surface area (Å²) >= 11 is 0. The molecule has 0 unspecified atom stereocenters. The van der Waals surface area contributed by atoms with Crippen LogP contribution in [0.5, 0.6) is 5.75 Å². The van der Waals surface area contributed by atoms with Gasteiger partial charge in [0.25, 0.3) is 0 Å². The summed E-state index contributed by atoms with van der Waals surface area (Å²) in [5, 5.41) is 0. The first-order valence-corrected chi connectivity index (χ1v) is 5.86. The molecule has 104 valence electrons. The van der Waals surface area contributed by atoms with Gasteiger partial charge < -0.3 is 9.47 Å². The van der Waals surface area contributed by atoms with Gasteiger partial charge in [-0.2, -0.15) is 4.39 Å². The average Bonchev–Trinajstić information content (AvgIpc) is 2.48. The van der Waals surface area contributed by atoms with E-state index < -0.39 is 23.2 Å². The molecule has 0 fully saturated rings. The van der Waals surface area contributed by atoms with Crippen molar-refractivity contribution in [2.24, 2.45) is 0 Å². The van der Waals surface area contributed by atoms with Crippen molar-refractivity contribution in [3.63, 3.8) is 0 Å². The van der Waals surface area contributed by atoms with Crippen molar-refractivity contribution < 1.29 is 23.0 Å². The number of halogens is 2. The molecule has 0 aliphatic rings. The van der Waals surface area contributed by atoms with Crippen molar-refractivity contribution in [1.29, 1.82) is 0 Å². The zero-order valence-corrected chi connectivity index (χ0v) is 10.7. The number of carbonyl (C=O) groups excluding carboxylic acids is 1. The fraction of sp³-hybridized carbons (Fsp3) is 0.133. The molecule has 3 nitrogen and oxygen atoms in total. The van der Waals surface area contributed by atoms with Gasteiger partial charge in [0.2, 0.25) is 5.82 Å². The lowest BCUT2D eigenvalue weighted by Gasteiger charge is -2.08. The zero-order valence-electron chi connectivity index (χ0n) is 10.7. The summed E-state index contributed by atoms with van der Waals surface area (Å²) in [4.78, 5) is 11.7. The molecular weight excluding hydrogens is 266 g/mol. The molecule has 2 rings (SSSR count). The van der Waals surface area contributed by atoms with E-state index in [-0.39, 0.29) is 12.4 Å². The minimum atomic E-state index is -1.28. The maximum Gasteiger partial charge on any atom is 0.341 e. The summed E-state index contributed by atoms with van der Waals surface area (Å²) in [5.74, 6) is -3.67. The molecule has 5 heteroatoms. The Morgan fingerprint density at radius 2 is 1.75 bits per heavy atom. The van der Waals surface area contributed by atoms with Crippen molar-refractivity contribution in [3.05, 3.63) is 65.2 Å². The van der Waals surface area contributed by atoms with E-state index in [1.807, 2.05) is 6.07 Å². The normalized spacial score (nSPS) is 10.2. The van der Waals surface area contributed by atoms with Crippen LogP contribution in [-0.2, 0) is 11.3 Å². The van der Waals surface area contributed by atoms with Crippen molar-refractivity contribution in [1.82, 2.24) is 0 Å². The summed E-state index contributed by atoms with van der Waals surface area (Å²) in [5.41, 5.74) is 0.300. The van der Waals surface area contributed by atoms with Gasteiger partial charge in [0.15, 0.2) is 11.6 Å². The first-order chi connectivity index (χ1) is 9.63. The lowest BCUT2D eigenvalue weighted by atomic mass is 10.2. The number of esters is 1. The van der Waals surface area contributed by atoms with Gasteiger partial charge in [0.05, 0.1) is 12.7 Å². The van der Waals surface area contributed by atoms with E-state index in [4.69, 9.17) is 4.74 Å². The van der Waals surface area contributed by atoms with Gasteiger partial charge in [0.1, 0.15) is 6.61 Å². The van der Waals surface area contributed by atoms with E-state index in [1.165, 1.54) is 13.2 Å². The van der Waals surface area contributed by atoms with Crippen LogP contribution in [0.1, 0.15) is 15.9 Å². The van der Waals surface area contributed by atoms with Crippen LogP contribution >= 0.6 is 0 Å². The first kappa shape index (κ1) is 14.0. The molecule has 2 aromatic rings. The minimum absolute atomic E-state index is 0.00718. The molecule has 0 saturated heterocycles. The van der Waals surface area contributed by atoms with Crippen LogP contribution < -0.4 is 4.74 Å². The largest absolute Gasteiger partial charge is 0.494 e. The Bertz CT molecular complexity index is 612. The quantitative estimate of drug-likeness (QED) is 0.805. The molecule has 0 atom stereocenters. The Morgan fingerprint density at radius 1 is 1.05 bits per heavy atom. The maximum absolute atomic E-state index is 13.7. The van der Waals surface area contributed by atoms with Crippen LogP contribution in [0.25, 0.3) is 0 Å². The van der Waals surface area contributed by atoms with Crippen molar-refractivity contribution >= 4 is 5.97 Å². The number of rotatable bonds is 4. The van der Waals surface area contributed by atoms with Gasteiger partial charge >= 0.3 is 5.97 Å². The summed E-state index contributed by atoms with van der Waals surface area (Å²) in [6, 6.07) is 11.2. The second-order valence-electron chi connectivity index (χ2n) is 4.01. The molecule has 0 aliphatic heterocycles. The van der Waals surface area contributed by atoms with Crippen molar-refractivity contribution in [3.8, 4) is 5.75 Å². The van der Waals surface area contributed by atoms with Crippen molar-refractivity contribution in [2.75, 3.05) is 7.11 Å². The van der Waals surface area contributed by atoms with E-state index in [0.717, 1.165) is 11.6 Å². The maximum atomic E-state index is 13.7. The topological polar surface area (TPSA) is 35.5 Å². The molecule has 0 amide bonds. The Hall–Kier alpha value is -2.43. The number of hydrogen-bond acceptors (Lipinski definition) is 3. The third-order valence-electron chi connectivity index (χ3n) is 2.70. The smallest absolute Gasteiger partial charge is 0.341 e. The van der Waals surface area contributed by atoms with Gasteiger partial charge in [-0.05, 0) is 17.7 Å². The molecule has 20 heavy (non-hydrogen) atoms. The molecular formula is C15H12F2O3. The van der Waals surface area contributed by atoms with E-state index in [9.17, 15) is 13.6 Å². The fourth-order valence-corrected chi connectivity index (χ4v) is 1.65. The van der Waals surface area contributed by atoms with Crippen LogP contribution in [0.2, 0.25) is 0 Å². The predicted molar refractivity (Wildman–Crippen MR) is 68.5 cm³/mol. The molecule has 0 aromatic heterocycles. The summed E-state index contributed by atoms with van der Waals surface area (Å²) in [6.45, 7) is -0.00718. The Kier molecular flexibility index (Phi) is 4.30. The Balaban J connectivity index is 2.12. The number of benzene rings is 2. The Morgan fingerprint density at radius 3 is 2.40 bits per heavy atom. The van der Waals surface area contributed by atoms with E-state index in [2.05, 4.69) is 4.74 Å². The summed E-state index contributed by atoms with van der Waals surface area (Å²) in [6.07, 6.45) is 0. The van der Waals surface area contributed by atoms with Crippen LogP contribution in [-0.4, -0.2) is 13.1 Å². The van der Waals surface area contributed by atoms with Crippen LogP contribution in [0.4, 0.5) is 8.78 Å². The summed E-state index contributed by atoms with van der Waals surface area (Å²) < 4.78 is 36.7. The molecule has 0 N–H and O–H groups in total. The van der Waals surface area contributed by atoms with Crippen molar-refractivity contribution in [2.45, 2.75) is 6.61 Å². The zero-order chi connectivity index (χ0) is 14.5. The van der Waals surface area contributed by atoms with Crippen LogP contribution in [0.15, 0.2) is 42.5 Å². The standard InChI is InChI=1S/C15H12F2O3/c1-19-12-8-7-11(13(16)14(12)17)15(18)20-9-10-5-3-2-4-6-10/h2-8H,9H2,1H3. The first-order valence-electron chi connectivity index (χ1n) is 5.86. The lowest BCUT2D eigenvalue weighted by Crippen LogP contribution is -2.09. The SMILES string of the molecule is COc1ccc(C(=O)OCc2ccccc2)c(F)c1F. The number of hydrogen-bond donors (Lipinski definition) is 0. The monoisotopic (exact) mass is 278 g/mol. The third-order valence-corrected chi connectivity index (χ3v) is 2.70. The van der Waals surface area contributed by atoms with E-state index >= 15 is 0 Å². The number of ether oxygens (including phenoxy) is 2. The molecule has 0 aliphatic carbocycles. The number of carbonyl (C=O) groups is 1. The minimum Gasteiger partial charge on any atom is -0.494 e.